The molecule has 1 aromatic carbocycles. The Morgan fingerprint density at radius 3 is 2.91 bits per heavy atom. The van der Waals surface area contributed by atoms with E-state index in [1.807, 2.05) is 4.90 Å². The van der Waals surface area contributed by atoms with E-state index in [1.54, 1.807) is 12.1 Å². The van der Waals surface area contributed by atoms with Gasteiger partial charge in [-0.3, -0.25) is 0 Å². The molecule has 3 nitrogen and oxygen atoms in total. The molecule has 0 radical (unpaired) electrons. The lowest BCUT2D eigenvalue weighted by Gasteiger charge is -2.29. The molecule has 1 heterocycles. The summed E-state index contributed by atoms with van der Waals surface area (Å²) in [6.45, 7) is 6.79. The van der Waals surface area contributed by atoms with Crippen molar-refractivity contribution in [2.75, 3.05) is 19.7 Å². The Morgan fingerprint density at radius 1 is 1.52 bits per heavy atom. The van der Waals surface area contributed by atoms with Crippen LogP contribution in [0.1, 0.15) is 32.3 Å². The molecular weight excluding hydrogens is 335 g/mol. The fourth-order valence-corrected chi connectivity index (χ4v) is 2.98. The van der Waals surface area contributed by atoms with Gasteiger partial charge in [-0.15, -0.1) is 0 Å². The topological polar surface area (TPSA) is 24.5 Å². The van der Waals surface area contributed by atoms with Crippen LogP contribution >= 0.6 is 23.8 Å². The Balaban J connectivity index is 2.10. The average molecular weight is 359 g/mol. The van der Waals surface area contributed by atoms with Crippen molar-refractivity contribution in [2.45, 2.75) is 39.3 Å². The molecule has 6 heteroatoms. The fourth-order valence-electron chi connectivity index (χ4n) is 2.53. The second-order valence-corrected chi connectivity index (χ2v) is 7.09. The van der Waals surface area contributed by atoms with E-state index in [2.05, 4.69) is 19.2 Å². The van der Waals surface area contributed by atoms with Crippen LogP contribution in [0.2, 0.25) is 5.02 Å². The third kappa shape index (κ3) is 5.59. The fraction of sp³-hybridized carbons (Fsp3) is 0.588. The molecule has 1 saturated heterocycles. The van der Waals surface area contributed by atoms with Crippen LogP contribution in [-0.2, 0) is 11.3 Å². The zero-order valence-corrected chi connectivity index (χ0v) is 15.2. The van der Waals surface area contributed by atoms with Crippen LogP contribution < -0.4 is 5.32 Å². The van der Waals surface area contributed by atoms with Crippen molar-refractivity contribution in [2.24, 2.45) is 5.92 Å². The summed E-state index contributed by atoms with van der Waals surface area (Å²) in [6.07, 6.45) is 2.21. The Hall–Kier alpha value is -0.910. The van der Waals surface area contributed by atoms with Gasteiger partial charge < -0.3 is 15.0 Å². The third-order valence-corrected chi connectivity index (χ3v) is 4.56. The highest BCUT2D eigenvalue weighted by Crippen LogP contribution is 2.22. The van der Waals surface area contributed by atoms with Crippen molar-refractivity contribution in [3.8, 4) is 0 Å². The lowest BCUT2D eigenvalue weighted by Crippen LogP contribution is -2.44. The number of nitrogens with one attached hydrogen (secondary N) is 1. The van der Waals surface area contributed by atoms with E-state index in [4.69, 9.17) is 28.6 Å². The van der Waals surface area contributed by atoms with Crippen LogP contribution in [0.25, 0.3) is 0 Å². The van der Waals surface area contributed by atoms with Gasteiger partial charge >= 0.3 is 0 Å². The lowest BCUT2D eigenvalue weighted by atomic mass is 10.1. The van der Waals surface area contributed by atoms with Crippen LogP contribution in [0.5, 0.6) is 0 Å². The highest BCUT2D eigenvalue weighted by molar-refractivity contribution is 7.80. The van der Waals surface area contributed by atoms with Gasteiger partial charge in [0.05, 0.1) is 6.10 Å². The van der Waals surface area contributed by atoms with Crippen LogP contribution in [0.3, 0.4) is 0 Å². The molecule has 1 aliphatic heterocycles. The lowest BCUT2D eigenvalue weighted by molar-refractivity contribution is 0.0895. The Bertz CT molecular complexity index is 515. The van der Waals surface area contributed by atoms with Gasteiger partial charge in [-0.2, -0.15) is 0 Å². The van der Waals surface area contributed by atoms with Crippen molar-refractivity contribution >= 4 is 28.9 Å². The molecule has 2 rings (SSSR count). The summed E-state index contributed by atoms with van der Waals surface area (Å²) in [6, 6.07) is 4.74. The van der Waals surface area contributed by atoms with Crippen molar-refractivity contribution < 1.29 is 9.13 Å². The van der Waals surface area contributed by atoms with Gasteiger partial charge in [-0.1, -0.05) is 31.5 Å². The number of hydrogen-bond acceptors (Lipinski definition) is 2. The first-order chi connectivity index (χ1) is 11.0. The van der Waals surface area contributed by atoms with E-state index >= 15 is 0 Å². The van der Waals surface area contributed by atoms with Gasteiger partial charge in [-0.05, 0) is 43.1 Å². The van der Waals surface area contributed by atoms with E-state index in [0.717, 1.165) is 26.0 Å². The molecule has 1 fully saturated rings. The molecule has 1 atom stereocenters. The Labute approximate surface area is 148 Å². The molecule has 0 amide bonds. The SMILES string of the molecule is CC(C)CNC(=S)N(Cc1c(F)cccc1Cl)CC1CCCO1. The number of ether oxygens (including phenoxy) is 1. The number of nitrogens with zero attached hydrogens (tertiary/aromatic N) is 1. The first-order valence-corrected chi connectivity index (χ1v) is 8.83. The smallest absolute Gasteiger partial charge is 0.169 e. The number of thiocarbonyl (C=S) groups is 1. The van der Waals surface area contributed by atoms with Crippen molar-refractivity contribution in [3.05, 3.63) is 34.6 Å². The minimum atomic E-state index is -0.304. The number of rotatable bonds is 6. The van der Waals surface area contributed by atoms with Gasteiger partial charge in [0.15, 0.2) is 5.11 Å². The number of benzene rings is 1. The van der Waals surface area contributed by atoms with E-state index in [-0.39, 0.29) is 11.9 Å². The first-order valence-electron chi connectivity index (χ1n) is 8.04. The minimum Gasteiger partial charge on any atom is -0.376 e. The second kappa shape index (κ2) is 8.81. The molecule has 1 aromatic rings. The van der Waals surface area contributed by atoms with E-state index in [0.29, 0.717) is 34.7 Å². The standard InChI is InChI=1S/C17H24ClFN2OS/c1-12(2)9-20-17(23)21(10-13-5-4-8-22-13)11-14-15(18)6-3-7-16(14)19/h3,6-7,12-13H,4-5,8-11H2,1-2H3,(H,20,23). The number of hydrogen-bond donors (Lipinski definition) is 1. The molecule has 0 aromatic heterocycles. The summed E-state index contributed by atoms with van der Waals surface area (Å²) in [5.74, 6) is 0.177. The van der Waals surface area contributed by atoms with Gasteiger partial charge in [0.25, 0.3) is 0 Å². The average Bonchev–Trinajstić information content (AvgIpc) is 3.00. The summed E-state index contributed by atoms with van der Waals surface area (Å²) in [7, 11) is 0. The van der Waals surface area contributed by atoms with Gasteiger partial charge in [-0.25, -0.2) is 4.39 Å². The molecule has 1 unspecified atom stereocenters. The monoisotopic (exact) mass is 358 g/mol. The summed E-state index contributed by atoms with van der Waals surface area (Å²) < 4.78 is 19.8. The maximum absolute atomic E-state index is 14.1. The van der Waals surface area contributed by atoms with Crippen LogP contribution in [0.4, 0.5) is 4.39 Å². The molecule has 0 spiro atoms. The quantitative estimate of drug-likeness (QED) is 0.777. The molecule has 128 valence electrons. The van der Waals surface area contributed by atoms with Gasteiger partial charge in [0, 0.05) is 36.8 Å². The first kappa shape index (κ1) is 18.4. The summed E-state index contributed by atoms with van der Waals surface area (Å²) >= 11 is 11.7. The summed E-state index contributed by atoms with van der Waals surface area (Å²) in [5, 5.41) is 4.30. The zero-order valence-electron chi connectivity index (χ0n) is 13.6. The minimum absolute atomic E-state index is 0.138. The predicted molar refractivity (Wildman–Crippen MR) is 96.2 cm³/mol. The molecule has 1 aliphatic rings. The molecule has 23 heavy (non-hydrogen) atoms. The molecule has 0 bridgehead atoms. The van der Waals surface area contributed by atoms with Gasteiger partial charge in [0.2, 0.25) is 0 Å². The highest BCUT2D eigenvalue weighted by Gasteiger charge is 2.22. The Kier molecular flexibility index (Phi) is 7.06. The predicted octanol–water partition coefficient (Wildman–Crippen LogP) is 3.99. The maximum atomic E-state index is 14.1. The largest absolute Gasteiger partial charge is 0.376 e. The van der Waals surface area contributed by atoms with Crippen molar-refractivity contribution in [3.63, 3.8) is 0 Å². The van der Waals surface area contributed by atoms with Crippen molar-refractivity contribution in [1.82, 2.24) is 10.2 Å². The van der Waals surface area contributed by atoms with Crippen LogP contribution in [0, 0.1) is 11.7 Å². The normalized spacial score (nSPS) is 17.5. The van der Waals surface area contributed by atoms with Crippen LogP contribution in [-0.4, -0.2) is 35.8 Å². The Morgan fingerprint density at radius 2 is 2.30 bits per heavy atom. The van der Waals surface area contributed by atoms with E-state index in [1.165, 1.54) is 6.07 Å². The van der Waals surface area contributed by atoms with Gasteiger partial charge in [0.1, 0.15) is 5.82 Å². The molecule has 0 aliphatic carbocycles. The highest BCUT2D eigenvalue weighted by atomic mass is 35.5. The van der Waals surface area contributed by atoms with E-state index in [9.17, 15) is 4.39 Å². The van der Waals surface area contributed by atoms with Crippen molar-refractivity contribution in [1.29, 1.82) is 0 Å². The maximum Gasteiger partial charge on any atom is 0.169 e. The van der Waals surface area contributed by atoms with Crippen LogP contribution in [0.15, 0.2) is 18.2 Å². The summed E-state index contributed by atoms with van der Waals surface area (Å²) in [4.78, 5) is 1.96. The van der Waals surface area contributed by atoms with E-state index < -0.39 is 0 Å². The molecule has 1 N–H and O–H groups in total. The second-order valence-electron chi connectivity index (χ2n) is 6.30. The zero-order chi connectivity index (χ0) is 16.8. The molecule has 0 saturated carbocycles. The summed E-state index contributed by atoms with van der Waals surface area (Å²) in [5.41, 5.74) is 0.473. The molecular formula is C17H24ClFN2OS. The number of halogens is 2. The third-order valence-electron chi connectivity index (χ3n) is 3.81.